The number of carbonyl (C=O) groups excluding carboxylic acids is 1. The second-order valence-corrected chi connectivity index (χ2v) is 7.96. The Balaban J connectivity index is 1.74. The van der Waals surface area contributed by atoms with Gasteiger partial charge in [-0.25, -0.2) is 4.98 Å². The number of rotatable bonds is 5. The highest BCUT2D eigenvalue weighted by molar-refractivity contribution is 9.10. The van der Waals surface area contributed by atoms with Crippen LogP contribution >= 0.6 is 27.7 Å². The van der Waals surface area contributed by atoms with Crippen LogP contribution in [0, 0.1) is 0 Å². The Morgan fingerprint density at radius 1 is 0.929 bits per heavy atom. The third kappa shape index (κ3) is 3.79. The Morgan fingerprint density at radius 2 is 1.61 bits per heavy atom. The van der Waals surface area contributed by atoms with Crippen molar-refractivity contribution in [2.75, 3.05) is 5.75 Å². The first-order chi connectivity index (χ1) is 13.6. The molecule has 138 valence electrons. The van der Waals surface area contributed by atoms with Crippen LogP contribution in [0.2, 0.25) is 0 Å². The van der Waals surface area contributed by atoms with Gasteiger partial charge >= 0.3 is 0 Å². The second-order valence-electron chi connectivity index (χ2n) is 6.11. The summed E-state index contributed by atoms with van der Waals surface area (Å²) in [5.74, 6) is 0.179. The first-order valence-electron chi connectivity index (χ1n) is 8.62. The minimum Gasteiger partial charge on any atom is -0.293 e. The van der Waals surface area contributed by atoms with Gasteiger partial charge in [0.1, 0.15) is 0 Å². The zero-order valence-corrected chi connectivity index (χ0v) is 17.1. The van der Waals surface area contributed by atoms with E-state index in [1.54, 1.807) is 22.8 Å². The normalized spacial score (nSPS) is 10.9. The van der Waals surface area contributed by atoms with Crippen LogP contribution in [0.15, 0.2) is 93.3 Å². The van der Waals surface area contributed by atoms with E-state index in [9.17, 15) is 9.59 Å². The summed E-state index contributed by atoms with van der Waals surface area (Å²) in [5, 5.41) is 1.05. The van der Waals surface area contributed by atoms with Crippen molar-refractivity contribution in [3.05, 3.63) is 99.3 Å². The van der Waals surface area contributed by atoms with Crippen molar-refractivity contribution >= 4 is 44.4 Å². The first kappa shape index (κ1) is 18.7. The lowest BCUT2D eigenvalue weighted by atomic mass is 10.2. The molecule has 0 spiro atoms. The van der Waals surface area contributed by atoms with Gasteiger partial charge < -0.3 is 0 Å². The number of aromatic nitrogens is 2. The molecule has 3 aromatic carbocycles. The van der Waals surface area contributed by atoms with Crippen LogP contribution in [0.1, 0.15) is 10.4 Å². The Morgan fingerprint density at radius 3 is 2.36 bits per heavy atom. The van der Waals surface area contributed by atoms with E-state index in [0.717, 1.165) is 10.2 Å². The van der Waals surface area contributed by atoms with Crippen LogP contribution in [-0.2, 0) is 0 Å². The topological polar surface area (TPSA) is 52.0 Å². The average molecular weight is 451 g/mol. The summed E-state index contributed by atoms with van der Waals surface area (Å²) in [5.41, 5.74) is 1.84. The van der Waals surface area contributed by atoms with Gasteiger partial charge in [-0.1, -0.05) is 70.2 Å². The number of ketones is 1. The van der Waals surface area contributed by atoms with Crippen LogP contribution in [0.25, 0.3) is 16.6 Å². The van der Waals surface area contributed by atoms with Gasteiger partial charge in [-0.05, 0) is 36.4 Å². The molecule has 0 radical (unpaired) electrons. The third-order valence-corrected chi connectivity index (χ3v) is 5.73. The van der Waals surface area contributed by atoms with Crippen molar-refractivity contribution in [2.24, 2.45) is 0 Å². The molecule has 0 bridgehead atoms. The zero-order chi connectivity index (χ0) is 19.5. The summed E-state index contributed by atoms with van der Waals surface area (Å²) in [6, 6.07) is 23.9. The maximum atomic E-state index is 13.1. The van der Waals surface area contributed by atoms with Gasteiger partial charge in [0.2, 0.25) is 0 Å². The zero-order valence-electron chi connectivity index (χ0n) is 14.7. The van der Waals surface area contributed by atoms with Crippen LogP contribution in [0.4, 0.5) is 0 Å². The van der Waals surface area contributed by atoms with E-state index < -0.39 is 0 Å². The fourth-order valence-corrected chi connectivity index (χ4v) is 4.03. The molecule has 28 heavy (non-hydrogen) atoms. The maximum Gasteiger partial charge on any atom is 0.266 e. The monoisotopic (exact) mass is 450 g/mol. The first-order valence-corrected chi connectivity index (χ1v) is 10.4. The maximum absolute atomic E-state index is 13.1. The molecule has 0 aliphatic carbocycles. The Bertz CT molecular complexity index is 1200. The molecule has 0 fully saturated rings. The number of thioether (sulfide) groups is 1. The lowest BCUT2D eigenvalue weighted by Crippen LogP contribution is -2.22. The van der Waals surface area contributed by atoms with E-state index in [2.05, 4.69) is 20.9 Å². The van der Waals surface area contributed by atoms with Crippen molar-refractivity contribution in [1.29, 1.82) is 0 Å². The highest BCUT2D eigenvalue weighted by Crippen LogP contribution is 2.22. The standard InChI is InChI=1S/C22H15BrN2O2S/c23-16-12-10-15(11-13-16)20(26)14-28-22-24-19-9-5-4-8-18(19)21(27)25(22)17-6-2-1-3-7-17/h1-13H,14H2. The Hall–Kier alpha value is -2.70. The molecule has 0 atom stereocenters. The number of fused-ring (bicyclic) bond motifs is 1. The van der Waals surface area contributed by atoms with E-state index in [1.807, 2.05) is 60.7 Å². The van der Waals surface area contributed by atoms with Crippen molar-refractivity contribution in [2.45, 2.75) is 5.16 Å². The van der Waals surface area contributed by atoms with Crippen molar-refractivity contribution in [1.82, 2.24) is 9.55 Å². The Labute approximate surface area is 174 Å². The molecule has 0 saturated carbocycles. The van der Waals surface area contributed by atoms with Crippen molar-refractivity contribution in [3.63, 3.8) is 0 Å². The summed E-state index contributed by atoms with van der Waals surface area (Å²) in [7, 11) is 0. The summed E-state index contributed by atoms with van der Waals surface area (Å²) >= 11 is 4.64. The van der Waals surface area contributed by atoms with E-state index in [0.29, 0.717) is 21.6 Å². The smallest absolute Gasteiger partial charge is 0.266 e. The van der Waals surface area contributed by atoms with Gasteiger partial charge in [0.05, 0.1) is 22.3 Å². The van der Waals surface area contributed by atoms with Crippen LogP contribution < -0.4 is 5.56 Å². The molecule has 4 rings (SSSR count). The number of carbonyl (C=O) groups is 1. The number of benzene rings is 3. The highest BCUT2D eigenvalue weighted by Gasteiger charge is 2.15. The van der Waals surface area contributed by atoms with Gasteiger partial charge in [-0.2, -0.15) is 0 Å². The number of hydrogen-bond donors (Lipinski definition) is 0. The van der Waals surface area contributed by atoms with Crippen molar-refractivity contribution < 1.29 is 4.79 Å². The SMILES string of the molecule is O=C(CSc1nc2ccccc2c(=O)n1-c1ccccc1)c1ccc(Br)cc1. The lowest BCUT2D eigenvalue weighted by Gasteiger charge is -2.13. The molecular formula is C22H15BrN2O2S. The molecule has 1 heterocycles. The van der Waals surface area contributed by atoms with Crippen LogP contribution in [0.3, 0.4) is 0 Å². The molecule has 0 N–H and O–H groups in total. The van der Waals surface area contributed by atoms with E-state index in [4.69, 9.17) is 0 Å². The van der Waals surface area contributed by atoms with Gasteiger partial charge in [-0.3, -0.25) is 14.2 Å². The summed E-state index contributed by atoms with van der Waals surface area (Å²) in [6.07, 6.45) is 0. The predicted octanol–water partition coefficient (Wildman–Crippen LogP) is 5.12. The minimum atomic E-state index is -0.143. The number of hydrogen-bond acceptors (Lipinski definition) is 4. The summed E-state index contributed by atoms with van der Waals surface area (Å²) in [6.45, 7) is 0. The number of para-hydroxylation sites is 2. The van der Waals surface area contributed by atoms with E-state index in [1.165, 1.54) is 11.8 Å². The largest absolute Gasteiger partial charge is 0.293 e. The molecule has 6 heteroatoms. The number of nitrogens with zero attached hydrogens (tertiary/aromatic N) is 2. The average Bonchev–Trinajstić information content (AvgIpc) is 2.73. The summed E-state index contributed by atoms with van der Waals surface area (Å²) < 4.78 is 2.49. The molecule has 1 aromatic heterocycles. The fourth-order valence-electron chi connectivity index (χ4n) is 2.86. The molecule has 0 aliphatic rings. The molecule has 0 unspecified atom stereocenters. The molecular weight excluding hydrogens is 436 g/mol. The van der Waals surface area contributed by atoms with Crippen molar-refractivity contribution in [3.8, 4) is 5.69 Å². The van der Waals surface area contributed by atoms with Gasteiger partial charge in [-0.15, -0.1) is 0 Å². The molecule has 4 aromatic rings. The summed E-state index contributed by atoms with van der Waals surface area (Å²) in [4.78, 5) is 30.4. The van der Waals surface area contributed by atoms with Gasteiger partial charge in [0.15, 0.2) is 10.9 Å². The number of Topliss-reactive ketones (excluding diaryl/α,β-unsaturated/α-hetero) is 1. The van der Waals surface area contributed by atoms with Crippen LogP contribution in [0.5, 0.6) is 0 Å². The quantitative estimate of drug-likeness (QED) is 0.240. The highest BCUT2D eigenvalue weighted by atomic mass is 79.9. The molecule has 0 saturated heterocycles. The van der Waals surface area contributed by atoms with E-state index in [-0.39, 0.29) is 17.1 Å². The van der Waals surface area contributed by atoms with Gasteiger partial charge in [0.25, 0.3) is 5.56 Å². The van der Waals surface area contributed by atoms with Gasteiger partial charge in [0, 0.05) is 10.0 Å². The molecule has 0 aliphatic heterocycles. The lowest BCUT2D eigenvalue weighted by molar-refractivity contribution is 0.102. The molecule has 0 amide bonds. The minimum absolute atomic E-state index is 0.0143. The second kappa shape index (κ2) is 8.12. The third-order valence-electron chi connectivity index (χ3n) is 4.26. The fraction of sp³-hybridized carbons (Fsp3) is 0.0455. The molecule has 4 nitrogen and oxygen atoms in total. The van der Waals surface area contributed by atoms with Crippen LogP contribution in [-0.4, -0.2) is 21.1 Å². The van der Waals surface area contributed by atoms with E-state index >= 15 is 0 Å². The predicted molar refractivity (Wildman–Crippen MR) is 117 cm³/mol. The Kier molecular flexibility index (Phi) is 5.41. The number of halogens is 1.